The van der Waals surface area contributed by atoms with Crippen LogP contribution >= 0.6 is 0 Å². The summed E-state index contributed by atoms with van der Waals surface area (Å²) in [6.45, 7) is 1.32. The second-order valence-corrected chi connectivity index (χ2v) is 5.98. The van der Waals surface area contributed by atoms with E-state index >= 15 is 0 Å². The number of fused-ring (bicyclic) bond motifs is 1. The Labute approximate surface area is 144 Å². The Hall–Kier alpha value is -2.53. The van der Waals surface area contributed by atoms with Crippen molar-refractivity contribution in [1.82, 2.24) is 4.90 Å². The van der Waals surface area contributed by atoms with Gasteiger partial charge in [0.1, 0.15) is 5.58 Å². The van der Waals surface area contributed by atoms with Gasteiger partial charge in [0.15, 0.2) is 0 Å². The summed E-state index contributed by atoms with van der Waals surface area (Å²) >= 11 is 0. The smallest absolute Gasteiger partial charge is 0.416 e. The molecule has 3 rings (SSSR count). The number of nitrogens with zero attached hydrogens (tertiary/aromatic N) is 1. The summed E-state index contributed by atoms with van der Waals surface area (Å²) in [4.78, 5) is 2.07. The highest BCUT2D eigenvalue weighted by atomic mass is 19.4. The van der Waals surface area contributed by atoms with Crippen LogP contribution in [0.25, 0.3) is 17.0 Å². The summed E-state index contributed by atoms with van der Waals surface area (Å²) in [6.07, 6.45) is 0.998. The lowest BCUT2D eigenvalue weighted by atomic mass is 10.1. The van der Waals surface area contributed by atoms with E-state index in [2.05, 4.69) is 4.90 Å². The molecule has 0 unspecified atom stereocenters. The standard InChI is InChI=1S/C20H18F3NO/c1-24(13-16-14-25-19-10-3-2-9-18(16)19)11-5-7-15-6-4-8-17(12-15)20(21,22)23/h2-10,12,14H,11,13H2,1H3/b7-5+. The number of para-hydroxylation sites is 1. The fraction of sp³-hybridized carbons (Fsp3) is 0.200. The lowest BCUT2D eigenvalue weighted by Gasteiger charge is -2.13. The number of benzene rings is 2. The van der Waals surface area contributed by atoms with Crippen molar-refractivity contribution in [1.29, 1.82) is 0 Å². The molecule has 0 fully saturated rings. The van der Waals surface area contributed by atoms with E-state index in [-0.39, 0.29) is 0 Å². The van der Waals surface area contributed by atoms with Crippen LogP contribution in [0.1, 0.15) is 16.7 Å². The van der Waals surface area contributed by atoms with Crippen LogP contribution in [-0.2, 0) is 12.7 Å². The second-order valence-electron chi connectivity index (χ2n) is 5.98. The van der Waals surface area contributed by atoms with E-state index in [0.717, 1.165) is 28.7 Å². The number of furan rings is 1. The molecule has 0 amide bonds. The molecule has 0 N–H and O–H groups in total. The maximum atomic E-state index is 12.7. The van der Waals surface area contributed by atoms with Crippen LogP contribution in [0.3, 0.4) is 0 Å². The molecule has 1 aromatic heterocycles. The summed E-state index contributed by atoms with van der Waals surface area (Å²) in [7, 11) is 1.96. The predicted octanol–water partition coefficient (Wildman–Crippen LogP) is 5.60. The first kappa shape index (κ1) is 17.3. The van der Waals surface area contributed by atoms with Crippen molar-refractivity contribution < 1.29 is 17.6 Å². The molecule has 0 spiro atoms. The van der Waals surface area contributed by atoms with E-state index in [1.165, 1.54) is 6.07 Å². The quantitative estimate of drug-likeness (QED) is 0.599. The monoisotopic (exact) mass is 345 g/mol. The van der Waals surface area contributed by atoms with E-state index in [9.17, 15) is 13.2 Å². The maximum absolute atomic E-state index is 12.7. The Balaban J connectivity index is 1.62. The van der Waals surface area contributed by atoms with Gasteiger partial charge in [0.05, 0.1) is 11.8 Å². The topological polar surface area (TPSA) is 16.4 Å². The van der Waals surface area contributed by atoms with Crippen molar-refractivity contribution in [2.45, 2.75) is 12.7 Å². The number of hydrogen-bond acceptors (Lipinski definition) is 2. The zero-order valence-corrected chi connectivity index (χ0v) is 13.8. The van der Waals surface area contributed by atoms with Crippen molar-refractivity contribution >= 4 is 17.0 Å². The van der Waals surface area contributed by atoms with E-state index in [1.54, 1.807) is 18.4 Å². The van der Waals surface area contributed by atoms with Crippen LogP contribution in [0.2, 0.25) is 0 Å². The molecule has 0 aliphatic carbocycles. The minimum Gasteiger partial charge on any atom is -0.464 e. The third kappa shape index (κ3) is 4.31. The number of alkyl halides is 3. The SMILES string of the molecule is CN(C/C=C/c1cccc(C(F)(F)F)c1)Cc1coc2ccccc12. The van der Waals surface area contributed by atoms with Gasteiger partial charge >= 0.3 is 6.18 Å². The van der Waals surface area contributed by atoms with Gasteiger partial charge < -0.3 is 4.42 Å². The highest BCUT2D eigenvalue weighted by Crippen LogP contribution is 2.29. The van der Waals surface area contributed by atoms with Crippen LogP contribution in [0.4, 0.5) is 13.2 Å². The van der Waals surface area contributed by atoms with Crippen molar-refractivity contribution in [3.05, 3.63) is 77.6 Å². The normalized spacial score (nSPS) is 12.5. The van der Waals surface area contributed by atoms with E-state index in [1.807, 2.05) is 37.4 Å². The highest BCUT2D eigenvalue weighted by Gasteiger charge is 2.30. The first-order valence-electron chi connectivity index (χ1n) is 7.91. The van der Waals surface area contributed by atoms with Gasteiger partial charge in [-0.2, -0.15) is 13.2 Å². The molecule has 130 valence electrons. The second kappa shape index (κ2) is 7.15. The summed E-state index contributed by atoms with van der Waals surface area (Å²) in [5.41, 5.74) is 1.85. The highest BCUT2D eigenvalue weighted by molar-refractivity contribution is 5.80. The number of hydrogen-bond donors (Lipinski definition) is 0. The molecule has 0 aliphatic heterocycles. The molecule has 0 saturated carbocycles. The Morgan fingerprint density at radius 1 is 1.08 bits per heavy atom. The van der Waals surface area contributed by atoms with Gasteiger partial charge in [-0.05, 0) is 30.8 Å². The molecule has 0 aliphatic rings. The molecule has 0 bridgehead atoms. The van der Waals surface area contributed by atoms with Gasteiger partial charge in [0.2, 0.25) is 0 Å². The third-order valence-corrected chi connectivity index (χ3v) is 3.94. The number of halogens is 3. The fourth-order valence-electron chi connectivity index (χ4n) is 2.70. The Morgan fingerprint density at radius 2 is 1.88 bits per heavy atom. The fourth-order valence-corrected chi connectivity index (χ4v) is 2.70. The van der Waals surface area contributed by atoms with Crippen LogP contribution < -0.4 is 0 Å². The van der Waals surface area contributed by atoms with Gasteiger partial charge in [-0.25, -0.2) is 0 Å². The lowest BCUT2D eigenvalue weighted by Crippen LogP contribution is -2.17. The molecular formula is C20H18F3NO. The molecule has 0 saturated heterocycles. The van der Waals surface area contributed by atoms with Crippen LogP contribution in [-0.4, -0.2) is 18.5 Å². The molecule has 25 heavy (non-hydrogen) atoms. The molecule has 2 nitrogen and oxygen atoms in total. The van der Waals surface area contributed by atoms with Gasteiger partial charge in [0, 0.05) is 24.0 Å². The molecule has 0 atom stereocenters. The first-order chi connectivity index (χ1) is 11.9. The van der Waals surface area contributed by atoms with Crippen LogP contribution in [0, 0.1) is 0 Å². The molecule has 2 aromatic carbocycles. The Kier molecular flexibility index (Phi) is 4.95. The molecular weight excluding hydrogens is 327 g/mol. The van der Waals surface area contributed by atoms with Gasteiger partial charge in [-0.1, -0.05) is 42.5 Å². The molecule has 5 heteroatoms. The van der Waals surface area contributed by atoms with E-state index in [0.29, 0.717) is 18.7 Å². The molecule has 3 aromatic rings. The predicted molar refractivity (Wildman–Crippen MR) is 93.0 cm³/mol. The van der Waals surface area contributed by atoms with E-state index in [4.69, 9.17) is 4.42 Å². The zero-order chi connectivity index (χ0) is 17.9. The summed E-state index contributed by atoms with van der Waals surface area (Å²) < 4.78 is 43.7. The number of rotatable bonds is 5. The molecule has 1 heterocycles. The van der Waals surface area contributed by atoms with E-state index < -0.39 is 11.7 Å². The Morgan fingerprint density at radius 3 is 2.68 bits per heavy atom. The van der Waals surface area contributed by atoms with Crippen molar-refractivity contribution in [3.63, 3.8) is 0 Å². The van der Waals surface area contributed by atoms with Crippen molar-refractivity contribution in [2.24, 2.45) is 0 Å². The minimum atomic E-state index is -4.32. The van der Waals surface area contributed by atoms with Gasteiger partial charge in [-0.15, -0.1) is 0 Å². The largest absolute Gasteiger partial charge is 0.464 e. The zero-order valence-electron chi connectivity index (χ0n) is 13.8. The van der Waals surface area contributed by atoms with Gasteiger partial charge in [0.25, 0.3) is 0 Å². The third-order valence-electron chi connectivity index (χ3n) is 3.94. The Bertz CT molecular complexity index is 880. The van der Waals surface area contributed by atoms with Crippen molar-refractivity contribution in [3.8, 4) is 0 Å². The minimum absolute atomic E-state index is 0.539. The summed E-state index contributed by atoms with van der Waals surface area (Å²) in [6, 6.07) is 13.1. The molecule has 0 radical (unpaired) electrons. The average molecular weight is 345 g/mol. The van der Waals surface area contributed by atoms with Crippen LogP contribution in [0.5, 0.6) is 0 Å². The van der Waals surface area contributed by atoms with Gasteiger partial charge in [-0.3, -0.25) is 4.90 Å². The maximum Gasteiger partial charge on any atom is 0.416 e. The first-order valence-corrected chi connectivity index (χ1v) is 7.91. The summed E-state index contributed by atoms with van der Waals surface area (Å²) in [5.74, 6) is 0. The van der Waals surface area contributed by atoms with Crippen LogP contribution in [0.15, 0.2) is 65.3 Å². The average Bonchev–Trinajstić information content (AvgIpc) is 2.98. The van der Waals surface area contributed by atoms with Crippen molar-refractivity contribution in [2.75, 3.05) is 13.6 Å². The number of likely N-dealkylation sites (N-methyl/N-ethyl adjacent to an activating group) is 1. The summed E-state index contributed by atoms with van der Waals surface area (Å²) in [5, 5.41) is 1.08. The lowest BCUT2D eigenvalue weighted by molar-refractivity contribution is -0.137.